The van der Waals surface area contributed by atoms with Crippen molar-refractivity contribution < 1.29 is 4.79 Å². The number of amides is 1. The summed E-state index contributed by atoms with van der Waals surface area (Å²) in [4.78, 5) is 18.7. The van der Waals surface area contributed by atoms with Crippen LogP contribution in [-0.2, 0) is 4.79 Å². The van der Waals surface area contributed by atoms with Gasteiger partial charge in [0.05, 0.1) is 21.1 Å². The quantitative estimate of drug-likeness (QED) is 0.922. The van der Waals surface area contributed by atoms with E-state index in [2.05, 4.69) is 4.98 Å². The van der Waals surface area contributed by atoms with E-state index in [0.29, 0.717) is 21.5 Å². The van der Waals surface area contributed by atoms with Gasteiger partial charge in [0.25, 0.3) is 0 Å². The number of benzene rings is 1. The number of nitrogen functional groups attached to an aromatic ring is 1. The van der Waals surface area contributed by atoms with Crippen LogP contribution in [0.5, 0.6) is 0 Å². The standard InChI is InChI=1S/C14H16Cl2N4O/c1-8(13(21)19-4-2-3-5-19)20-12-7-10(16)9(15)6-11(12)18-14(20)17/h6-8H,2-5H2,1H3,(H2,17,18). The molecule has 0 bridgehead atoms. The van der Waals surface area contributed by atoms with Crippen LogP contribution >= 0.6 is 23.2 Å². The maximum atomic E-state index is 12.6. The molecule has 7 heteroatoms. The molecule has 5 nitrogen and oxygen atoms in total. The first kappa shape index (κ1) is 14.5. The van der Waals surface area contributed by atoms with Crippen LogP contribution in [0.4, 0.5) is 5.95 Å². The number of rotatable bonds is 2. The molecule has 3 rings (SSSR count). The van der Waals surface area contributed by atoms with Crippen molar-refractivity contribution in [2.24, 2.45) is 0 Å². The molecular weight excluding hydrogens is 311 g/mol. The summed E-state index contributed by atoms with van der Waals surface area (Å²) in [5, 5.41) is 0.846. The normalized spacial score (nSPS) is 16.6. The van der Waals surface area contributed by atoms with Gasteiger partial charge in [0, 0.05) is 13.1 Å². The van der Waals surface area contributed by atoms with Gasteiger partial charge in [-0.3, -0.25) is 9.36 Å². The highest BCUT2D eigenvalue weighted by Gasteiger charge is 2.27. The summed E-state index contributed by atoms with van der Waals surface area (Å²) >= 11 is 12.1. The first-order chi connectivity index (χ1) is 9.99. The lowest BCUT2D eigenvalue weighted by molar-refractivity contribution is -0.133. The van der Waals surface area contributed by atoms with Crippen LogP contribution in [0.3, 0.4) is 0 Å². The Bertz CT molecular complexity index is 707. The summed E-state index contributed by atoms with van der Waals surface area (Å²) < 4.78 is 1.72. The first-order valence-corrected chi connectivity index (χ1v) is 7.66. The number of likely N-dealkylation sites (tertiary alicyclic amines) is 1. The Morgan fingerprint density at radius 2 is 1.90 bits per heavy atom. The Balaban J connectivity index is 2.04. The van der Waals surface area contributed by atoms with Crippen molar-refractivity contribution in [3.05, 3.63) is 22.2 Å². The van der Waals surface area contributed by atoms with Gasteiger partial charge in [-0.2, -0.15) is 0 Å². The van der Waals surface area contributed by atoms with Crippen LogP contribution in [0.15, 0.2) is 12.1 Å². The molecule has 112 valence electrons. The van der Waals surface area contributed by atoms with Gasteiger partial charge >= 0.3 is 0 Å². The monoisotopic (exact) mass is 326 g/mol. The van der Waals surface area contributed by atoms with Crippen molar-refractivity contribution in [1.82, 2.24) is 14.5 Å². The van der Waals surface area contributed by atoms with E-state index in [-0.39, 0.29) is 5.91 Å². The largest absolute Gasteiger partial charge is 0.369 e. The molecule has 1 aromatic heterocycles. The highest BCUT2D eigenvalue weighted by atomic mass is 35.5. The highest BCUT2D eigenvalue weighted by molar-refractivity contribution is 6.42. The second kappa shape index (κ2) is 5.39. The molecule has 0 radical (unpaired) electrons. The Labute approximate surface area is 132 Å². The van der Waals surface area contributed by atoms with Gasteiger partial charge in [-0.1, -0.05) is 23.2 Å². The van der Waals surface area contributed by atoms with E-state index in [4.69, 9.17) is 28.9 Å². The zero-order valence-corrected chi connectivity index (χ0v) is 13.2. The number of carbonyl (C=O) groups is 1. The van der Waals surface area contributed by atoms with Gasteiger partial charge < -0.3 is 10.6 Å². The number of hydrogen-bond acceptors (Lipinski definition) is 3. The first-order valence-electron chi connectivity index (χ1n) is 6.90. The molecule has 1 aliphatic heterocycles. The average molecular weight is 327 g/mol. The SMILES string of the molecule is CC(C(=O)N1CCCC1)n1c(N)nc2cc(Cl)c(Cl)cc21. The molecule has 2 N–H and O–H groups in total. The van der Waals surface area contributed by atoms with E-state index >= 15 is 0 Å². The maximum absolute atomic E-state index is 12.6. The third-order valence-corrected chi connectivity index (χ3v) is 4.64. The molecule has 1 aromatic carbocycles. The second-order valence-electron chi connectivity index (χ2n) is 5.30. The molecule has 1 saturated heterocycles. The zero-order valence-electron chi connectivity index (χ0n) is 11.6. The minimum absolute atomic E-state index is 0.0598. The number of imidazole rings is 1. The number of carbonyl (C=O) groups excluding carboxylic acids is 1. The van der Waals surface area contributed by atoms with E-state index < -0.39 is 6.04 Å². The fraction of sp³-hybridized carbons (Fsp3) is 0.429. The Morgan fingerprint density at radius 3 is 2.57 bits per heavy atom. The lowest BCUT2D eigenvalue weighted by atomic mass is 10.2. The number of halogens is 2. The summed E-state index contributed by atoms with van der Waals surface area (Å²) in [6.07, 6.45) is 2.11. The van der Waals surface area contributed by atoms with Crippen LogP contribution < -0.4 is 5.73 Å². The summed E-state index contributed by atoms with van der Waals surface area (Å²) in [7, 11) is 0. The molecule has 1 amide bonds. The van der Waals surface area contributed by atoms with Crippen molar-refractivity contribution in [2.75, 3.05) is 18.8 Å². The Kier molecular flexibility index (Phi) is 3.71. The van der Waals surface area contributed by atoms with E-state index in [1.165, 1.54) is 0 Å². The van der Waals surface area contributed by atoms with Crippen molar-refractivity contribution >= 4 is 46.1 Å². The fourth-order valence-electron chi connectivity index (χ4n) is 2.83. The van der Waals surface area contributed by atoms with Crippen LogP contribution in [0.2, 0.25) is 10.0 Å². The second-order valence-corrected chi connectivity index (χ2v) is 6.12. The average Bonchev–Trinajstić information content (AvgIpc) is 3.06. The molecule has 21 heavy (non-hydrogen) atoms. The Morgan fingerprint density at radius 1 is 1.29 bits per heavy atom. The van der Waals surface area contributed by atoms with Crippen LogP contribution in [0.1, 0.15) is 25.8 Å². The third kappa shape index (κ3) is 2.45. The van der Waals surface area contributed by atoms with Crippen LogP contribution in [0.25, 0.3) is 11.0 Å². The van der Waals surface area contributed by atoms with E-state index in [1.54, 1.807) is 16.7 Å². The molecule has 0 aliphatic carbocycles. The van der Waals surface area contributed by atoms with Crippen LogP contribution in [0, 0.1) is 0 Å². The summed E-state index contributed by atoms with van der Waals surface area (Å²) in [6.45, 7) is 3.45. The third-order valence-electron chi connectivity index (χ3n) is 3.92. The fourth-order valence-corrected chi connectivity index (χ4v) is 3.14. The topological polar surface area (TPSA) is 64.2 Å². The molecule has 2 aromatic rings. The minimum Gasteiger partial charge on any atom is -0.369 e. The molecule has 1 atom stereocenters. The number of hydrogen-bond donors (Lipinski definition) is 1. The number of nitrogens with two attached hydrogens (primary N) is 1. The van der Waals surface area contributed by atoms with Crippen molar-refractivity contribution in [3.63, 3.8) is 0 Å². The number of anilines is 1. The smallest absolute Gasteiger partial charge is 0.245 e. The number of nitrogens with zero attached hydrogens (tertiary/aromatic N) is 3. The van der Waals surface area contributed by atoms with Gasteiger partial charge in [-0.15, -0.1) is 0 Å². The molecule has 0 spiro atoms. The lowest BCUT2D eigenvalue weighted by Gasteiger charge is -2.22. The van der Waals surface area contributed by atoms with Gasteiger partial charge in [0.15, 0.2) is 0 Å². The van der Waals surface area contributed by atoms with E-state index in [9.17, 15) is 4.79 Å². The molecular formula is C14H16Cl2N4O. The number of fused-ring (bicyclic) bond motifs is 1. The van der Waals surface area contributed by atoms with Crippen LogP contribution in [-0.4, -0.2) is 33.4 Å². The van der Waals surface area contributed by atoms with Gasteiger partial charge in [-0.05, 0) is 31.9 Å². The molecule has 2 heterocycles. The predicted molar refractivity (Wildman–Crippen MR) is 84.7 cm³/mol. The van der Waals surface area contributed by atoms with Crippen molar-refractivity contribution in [2.45, 2.75) is 25.8 Å². The van der Waals surface area contributed by atoms with Crippen molar-refractivity contribution in [1.29, 1.82) is 0 Å². The lowest BCUT2D eigenvalue weighted by Crippen LogP contribution is -2.34. The van der Waals surface area contributed by atoms with Gasteiger partial charge in [0.2, 0.25) is 11.9 Å². The summed E-state index contributed by atoms with van der Waals surface area (Å²) in [6, 6.07) is 2.96. The molecule has 1 unspecified atom stereocenters. The minimum atomic E-state index is -0.412. The Hall–Kier alpha value is -1.46. The summed E-state index contributed by atoms with van der Waals surface area (Å²) in [5.74, 6) is 0.355. The predicted octanol–water partition coefficient (Wildman–Crippen LogP) is 3.11. The van der Waals surface area contributed by atoms with Gasteiger partial charge in [-0.25, -0.2) is 4.98 Å². The summed E-state index contributed by atoms with van der Waals surface area (Å²) in [5.41, 5.74) is 7.35. The number of aromatic nitrogens is 2. The van der Waals surface area contributed by atoms with Crippen molar-refractivity contribution in [3.8, 4) is 0 Å². The zero-order chi connectivity index (χ0) is 15.1. The molecule has 1 fully saturated rings. The van der Waals surface area contributed by atoms with E-state index in [0.717, 1.165) is 31.4 Å². The highest BCUT2D eigenvalue weighted by Crippen LogP contribution is 2.31. The van der Waals surface area contributed by atoms with E-state index in [1.807, 2.05) is 11.8 Å². The molecule has 1 aliphatic rings. The van der Waals surface area contributed by atoms with Gasteiger partial charge in [0.1, 0.15) is 6.04 Å². The molecule has 0 saturated carbocycles. The maximum Gasteiger partial charge on any atom is 0.245 e.